The van der Waals surface area contributed by atoms with Crippen molar-refractivity contribution in [2.45, 2.75) is 26.1 Å². The lowest BCUT2D eigenvalue weighted by molar-refractivity contribution is -0.127. The SMILES string of the molecule is COc1cccc(C(=O)N2CCN(C(=O)NC(C)C)C2C(=O)NCCN)c1. The van der Waals surface area contributed by atoms with E-state index < -0.39 is 12.1 Å². The van der Waals surface area contributed by atoms with Crippen molar-refractivity contribution in [3.63, 3.8) is 0 Å². The lowest BCUT2D eigenvalue weighted by Gasteiger charge is -2.29. The number of carbonyl (C=O) groups is 3. The zero-order chi connectivity index (χ0) is 20.0. The molecule has 0 spiro atoms. The van der Waals surface area contributed by atoms with Crippen molar-refractivity contribution in [3.05, 3.63) is 29.8 Å². The summed E-state index contributed by atoms with van der Waals surface area (Å²) in [6, 6.07) is 6.21. The Labute approximate surface area is 158 Å². The van der Waals surface area contributed by atoms with Crippen LogP contribution in [0.4, 0.5) is 4.79 Å². The Hall–Kier alpha value is -2.81. The van der Waals surface area contributed by atoms with Gasteiger partial charge < -0.3 is 26.0 Å². The van der Waals surface area contributed by atoms with Crippen LogP contribution in [0.5, 0.6) is 5.75 Å². The predicted molar refractivity (Wildman–Crippen MR) is 100 cm³/mol. The summed E-state index contributed by atoms with van der Waals surface area (Å²) in [6.45, 7) is 4.70. The average Bonchev–Trinajstić information content (AvgIpc) is 3.10. The number of carbonyl (C=O) groups excluding carboxylic acids is 3. The summed E-state index contributed by atoms with van der Waals surface area (Å²) < 4.78 is 5.16. The number of benzene rings is 1. The second-order valence-corrected chi connectivity index (χ2v) is 6.48. The Morgan fingerprint density at radius 2 is 1.96 bits per heavy atom. The summed E-state index contributed by atoms with van der Waals surface area (Å²) in [5.41, 5.74) is 5.84. The summed E-state index contributed by atoms with van der Waals surface area (Å²) in [4.78, 5) is 40.9. The molecule has 1 unspecified atom stereocenters. The number of nitrogens with one attached hydrogen (secondary N) is 2. The van der Waals surface area contributed by atoms with Gasteiger partial charge in [0, 0.05) is 37.8 Å². The standard InChI is InChI=1S/C18H27N5O4/c1-12(2)21-18(26)23-10-9-22(16(23)15(24)20-8-7-19)17(25)13-5-4-6-14(11-13)27-3/h4-6,11-12,16H,7-10,19H2,1-3H3,(H,20,24)(H,21,26). The summed E-state index contributed by atoms with van der Waals surface area (Å²) in [5.74, 6) is -0.242. The number of hydrogen-bond donors (Lipinski definition) is 3. The van der Waals surface area contributed by atoms with Crippen LogP contribution in [0.2, 0.25) is 0 Å². The van der Waals surface area contributed by atoms with Crippen LogP contribution in [-0.2, 0) is 4.79 Å². The maximum Gasteiger partial charge on any atom is 0.319 e. The van der Waals surface area contributed by atoms with Gasteiger partial charge in [-0.1, -0.05) is 6.07 Å². The van der Waals surface area contributed by atoms with Crippen molar-refractivity contribution < 1.29 is 19.1 Å². The molecule has 1 saturated heterocycles. The van der Waals surface area contributed by atoms with Gasteiger partial charge in [0.25, 0.3) is 11.8 Å². The molecular weight excluding hydrogens is 350 g/mol. The van der Waals surface area contributed by atoms with Crippen molar-refractivity contribution in [1.29, 1.82) is 0 Å². The molecule has 0 saturated carbocycles. The lowest BCUT2D eigenvalue weighted by atomic mass is 10.2. The van der Waals surface area contributed by atoms with Gasteiger partial charge in [0.05, 0.1) is 7.11 Å². The molecule has 2 rings (SSSR count). The van der Waals surface area contributed by atoms with Crippen LogP contribution in [0.1, 0.15) is 24.2 Å². The van der Waals surface area contributed by atoms with Gasteiger partial charge in [0.1, 0.15) is 5.75 Å². The van der Waals surface area contributed by atoms with Crippen molar-refractivity contribution in [2.24, 2.45) is 5.73 Å². The van der Waals surface area contributed by atoms with E-state index in [0.717, 1.165) is 0 Å². The van der Waals surface area contributed by atoms with Crippen LogP contribution in [0.3, 0.4) is 0 Å². The highest BCUT2D eigenvalue weighted by molar-refractivity contribution is 5.99. The number of rotatable bonds is 6. The molecule has 9 heteroatoms. The molecule has 1 aromatic carbocycles. The quantitative estimate of drug-likeness (QED) is 0.644. The highest BCUT2D eigenvalue weighted by Crippen LogP contribution is 2.21. The molecule has 1 atom stereocenters. The maximum absolute atomic E-state index is 13.0. The second kappa shape index (κ2) is 9.22. The van der Waals surface area contributed by atoms with E-state index in [9.17, 15) is 14.4 Å². The zero-order valence-corrected chi connectivity index (χ0v) is 15.9. The summed E-state index contributed by atoms with van der Waals surface area (Å²) in [6.07, 6.45) is -1.03. The molecule has 0 aromatic heterocycles. The zero-order valence-electron chi connectivity index (χ0n) is 15.9. The van der Waals surface area contributed by atoms with Crippen molar-refractivity contribution in [3.8, 4) is 5.75 Å². The molecule has 1 aromatic rings. The second-order valence-electron chi connectivity index (χ2n) is 6.48. The van der Waals surface area contributed by atoms with E-state index in [0.29, 0.717) is 11.3 Å². The molecule has 9 nitrogen and oxygen atoms in total. The van der Waals surface area contributed by atoms with Crippen molar-refractivity contribution in [1.82, 2.24) is 20.4 Å². The van der Waals surface area contributed by atoms with Crippen LogP contribution in [-0.4, -0.2) is 73.1 Å². The fraction of sp³-hybridized carbons (Fsp3) is 0.500. The van der Waals surface area contributed by atoms with Crippen LogP contribution >= 0.6 is 0 Å². The highest BCUT2D eigenvalue weighted by atomic mass is 16.5. The van der Waals surface area contributed by atoms with E-state index in [1.807, 2.05) is 13.8 Å². The van der Waals surface area contributed by atoms with Gasteiger partial charge in [-0.15, -0.1) is 0 Å². The molecule has 4 N–H and O–H groups in total. The summed E-state index contributed by atoms with van der Waals surface area (Å²) in [7, 11) is 1.51. The first-order chi connectivity index (χ1) is 12.9. The number of ether oxygens (including phenoxy) is 1. The van der Waals surface area contributed by atoms with Crippen molar-refractivity contribution in [2.75, 3.05) is 33.3 Å². The van der Waals surface area contributed by atoms with E-state index in [2.05, 4.69) is 10.6 Å². The molecule has 1 aliphatic heterocycles. The first-order valence-electron chi connectivity index (χ1n) is 8.89. The Bertz CT molecular complexity index is 694. The molecule has 148 valence electrons. The third kappa shape index (κ3) is 4.88. The topological polar surface area (TPSA) is 117 Å². The maximum atomic E-state index is 13.0. The lowest BCUT2D eigenvalue weighted by Crippen LogP contribution is -2.56. The third-order valence-corrected chi connectivity index (χ3v) is 4.10. The Morgan fingerprint density at radius 1 is 1.26 bits per heavy atom. The van der Waals surface area contributed by atoms with Crippen molar-refractivity contribution >= 4 is 17.8 Å². The Morgan fingerprint density at radius 3 is 2.59 bits per heavy atom. The number of nitrogens with zero attached hydrogens (tertiary/aromatic N) is 2. The molecule has 0 bridgehead atoms. The number of methoxy groups -OCH3 is 1. The largest absolute Gasteiger partial charge is 0.497 e. The Kier molecular flexibility index (Phi) is 7.00. The summed E-state index contributed by atoms with van der Waals surface area (Å²) >= 11 is 0. The first kappa shape index (κ1) is 20.5. The highest BCUT2D eigenvalue weighted by Gasteiger charge is 2.42. The Balaban J connectivity index is 2.28. The normalized spacial score (nSPS) is 16.4. The van der Waals surface area contributed by atoms with Crippen LogP contribution in [0.15, 0.2) is 24.3 Å². The van der Waals surface area contributed by atoms with E-state index in [-0.39, 0.29) is 44.2 Å². The van der Waals surface area contributed by atoms with Crippen LogP contribution in [0.25, 0.3) is 0 Å². The molecule has 1 heterocycles. The van der Waals surface area contributed by atoms with Gasteiger partial charge in [-0.25, -0.2) is 4.79 Å². The third-order valence-electron chi connectivity index (χ3n) is 4.10. The number of nitrogens with two attached hydrogens (primary N) is 1. The number of amides is 4. The van der Waals surface area contributed by atoms with Gasteiger partial charge in [-0.05, 0) is 32.0 Å². The fourth-order valence-corrected chi connectivity index (χ4v) is 2.88. The van der Waals surface area contributed by atoms with Crippen LogP contribution in [0, 0.1) is 0 Å². The molecule has 1 fully saturated rings. The molecular formula is C18H27N5O4. The van der Waals surface area contributed by atoms with Gasteiger partial charge in [0.2, 0.25) is 0 Å². The van der Waals surface area contributed by atoms with Gasteiger partial charge in [-0.2, -0.15) is 0 Å². The van der Waals surface area contributed by atoms with Crippen LogP contribution < -0.4 is 21.1 Å². The molecule has 27 heavy (non-hydrogen) atoms. The fourth-order valence-electron chi connectivity index (χ4n) is 2.88. The summed E-state index contributed by atoms with van der Waals surface area (Å²) in [5, 5.41) is 5.43. The average molecular weight is 377 g/mol. The molecule has 0 aliphatic carbocycles. The minimum atomic E-state index is -1.03. The van der Waals surface area contributed by atoms with E-state index in [4.69, 9.17) is 10.5 Å². The van der Waals surface area contributed by atoms with Gasteiger partial charge in [0.15, 0.2) is 6.17 Å². The monoisotopic (exact) mass is 377 g/mol. The minimum Gasteiger partial charge on any atom is -0.497 e. The minimum absolute atomic E-state index is 0.0895. The first-order valence-corrected chi connectivity index (χ1v) is 8.89. The molecule has 1 aliphatic rings. The predicted octanol–water partition coefficient (Wildman–Crippen LogP) is -0.0280. The molecule has 0 radical (unpaired) electrons. The number of hydrogen-bond acceptors (Lipinski definition) is 5. The number of urea groups is 1. The molecule has 4 amide bonds. The van der Waals surface area contributed by atoms with E-state index >= 15 is 0 Å². The van der Waals surface area contributed by atoms with Gasteiger partial charge >= 0.3 is 6.03 Å². The van der Waals surface area contributed by atoms with Gasteiger partial charge in [-0.3, -0.25) is 14.5 Å². The van der Waals surface area contributed by atoms with E-state index in [1.165, 1.54) is 16.9 Å². The van der Waals surface area contributed by atoms with E-state index in [1.54, 1.807) is 24.3 Å². The smallest absolute Gasteiger partial charge is 0.319 e.